The molecule has 0 N–H and O–H groups in total. The maximum absolute atomic E-state index is 13.9. The molecule has 1 aliphatic heterocycles. The first-order valence-electron chi connectivity index (χ1n) is 9.50. The highest BCUT2D eigenvalue weighted by atomic mass is 19.1. The fourth-order valence-electron chi connectivity index (χ4n) is 3.11. The van der Waals surface area contributed by atoms with Crippen LogP contribution in [0.25, 0.3) is 0 Å². The first-order chi connectivity index (χ1) is 13.2. The summed E-state index contributed by atoms with van der Waals surface area (Å²) in [5.41, 5.74) is 0.889. The zero-order valence-corrected chi connectivity index (χ0v) is 16.9. The maximum atomic E-state index is 13.9. The van der Waals surface area contributed by atoms with Crippen molar-refractivity contribution in [2.45, 2.75) is 34.1 Å². The van der Waals surface area contributed by atoms with Crippen molar-refractivity contribution in [3.05, 3.63) is 42.0 Å². The van der Waals surface area contributed by atoms with Crippen LogP contribution in [-0.2, 0) is 4.79 Å². The van der Waals surface area contributed by atoms with Gasteiger partial charge in [0.1, 0.15) is 12.1 Å². The van der Waals surface area contributed by atoms with Crippen LogP contribution in [0.1, 0.15) is 32.8 Å². The van der Waals surface area contributed by atoms with Gasteiger partial charge in [0.05, 0.1) is 0 Å². The number of carbonyl (C=O) groups excluding carboxylic acids is 1. The average molecular weight is 386 g/mol. The molecule has 0 atom stereocenters. The molecule has 1 aromatic carbocycles. The van der Waals surface area contributed by atoms with Gasteiger partial charge in [-0.25, -0.2) is 14.4 Å². The standard InChI is InChI=1S/C21H27FN4O2/c1-15-5-6-16(22)17(11-15)28-19-12-18(23-14-24-19)25-7-9-26(10-8-25)20(27)13-21(2,3)4/h5-6,11-12,14H,7-10,13H2,1-4H3. The van der Waals surface area contributed by atoms with Crippen LogP contribution in [0.5, 0.6) is 11.6 Å². The molecule has 7 heteroatoms. The quantitative estimate of drug-likeness (QED) is 0.800. The molecule has 0 aliphatic carbocycles. The number of nitrogens with zero attached hydrogens (tertiary/aromatic N) is 4. The summed E-state index contributed by atoms with van der Waals surface area (Å²) >= 11 is 0. The normalized spacial score (nSPS) is 14.9. The summed E-state index contributed by atoms with van der Waals surface area (Å²) in [5, 5.41) is 0. The Kier molecular flexibility index (Phi) is 5.82. The zero-order valence-electron chi connectivity index (χ0n) is 16.9. The Bertz CT molecular complexity index is 843. The van der Waals surface area contributed by atoms with E-state index in [0.717, 1.165) is 5.56 Å². The Morgan fingerprint density at radius 2 is 1.86 bits per heavy atom. The molecule has 2 heterocycles. The molecule has 28 heavy (non-hydrogen) atoms. The number of hydrogen-bond acceptors (Lipinski definition) is 5. The molecule has 3 rings (SSSR count). The first kappa shape index (κ1) is 20.0. The fraction of sp³-hybridized carbons (Fsp3) is 0.476. The van der Waals surface area contributed by atoms with E-state index in [1.54, 1.807) is 18.2 Å². The van der Waals surface area contributed by atoms with E-state index in [0.29, 0.717) is 44.3 Å². The molecule has 0 saturated carbocycles. The number of hydrogen-bond donors (Lipinski definition) is 0. The van der Waals surface area contributed by atoms with Crippen LogP contribution in [0, 0.1) is 18.2 Å². The van der Waals surface area contributed by atoms with E-state index in [2.05, 4.69) is 35.6 Å². The van der Waals surface area contributed by atoms with Crippen molar-refractivity contribution in [3.8, 4) is 11.6 Å². The van der Waals surface area contributed by atoms with Crippen molar-refractivity contribution in [2.24, 2.45) is 5.41 Å². The van der Waals surface area contributed by atoms with Gasteiger partial charge in [-0.05, 0) is 30.0 Å². The van der Waals surface area contributed by atoms with Crippen LogP contribution >= 0.6 is 0 Å². The third-order valence-corrected chi connectivity index (χ3v) is 4.57. The summed E-state index contributed by atoms with van der Waals surface area (Å²) in [6, 6.07) is 6.40. The molecule has 0 spiro atoms. The number of halogens is 1. The van der Waals surface area contributed by atoms with Gasteiger partial charge in [0.2, 0.25) is 11.8 Å². The van der Waals surface area contributed by atoms with Crippen LogP contribution in [0.4, 0.5) is 10.2 Å². The lowest BCUT2D eigenvalue weighted by molar-refractivity contribution is -0.133. The number of piperazine rings is 1. The van der Waals surface area contributed by atoms with Gasteiger partial charge in [0.15, 0.2) is 11.6 Å². The van der Waals surface area contributed by atoms with Gasteiger partial charge in [0.25, 0.3) is 0 Å². The van der Waals surface area contributed by atoms with Crippen LogP contribution in [0.3, 0.4) is 0 Å². The van der Waals surface area contributed by atoms with Gasteiger partial charge in [-0.3, -0.25) is 4.79 Å². The molecule has 0 radical (unpaired) electrons. The van der Waals surface area contributed by atoms with Crippen molar-refractivity contribution >= 4 is 11.7 Å². The van der Waals surface area contributed by atoms with E-state index >= 15 is 0 Å². The number of aryl methyl sites for hydroxylation is 1. The summed E-state index contributed by atoms with van der Waals surface area (Å²) < 4.78 is 19.5. The molecule has 0 bridgehead atoms. The second-order valence-corrected chi connectivity index (χ2v) is 8.36. The molecule has 2 aromatic rings. The van der Waals surface area contributed by atoms with Crippen molar-refractivity contribution < 1.29 is 13.9 Å². The predicted octanol–water partition coefficient (Wildman–Crippen LogP) is 3.80. The molecule has 1 amide bonds. The molecular weight excluding hydrogens is 359 g/mol. The summed E-state index contributed by atoms with van der Waals surface area (Å²) in [6.07, 6.45) is 1.95. The van der Waals surface area contributed by atoms with E-state index in [-0.39, 0.29) is 17.1 Å². The van der Waals surface area contributed by atoms with Gasteiger partial charge in [-0.1, -0.05) is 26.8 Å². The van der Waals surface area contributed by atoms with Gasteiger partial charge >= 0.3 is 0 Å². The second kappa shape index (κ2) is 8.12. The Morgan fingerprint density at radius 3 is 2.54 bits per heavy atom. The summed E-state index contributed by atoms with van der Waals surface area (Å²) in [7, 11) is 0. The highest BCUT2D eigenvalue weighted by Crippen LogP contribution is 2.26. The molecule has 150 valence electrons. The zero-order chi connectivity index (χ0) is 20.3. The fourth-order valence-corrected chi connectivity index (χ4v) is 3.11. The van der Waals surface area contributed by atoms with Gasteiger partial charge in [0, 0.05) is 38.7 Å². The Labute approximate surface area is 165 Å². The molecule has 1 fully saturated rings. The average Bonchev–Trinajstić information content (AvgIpc) is 2.64. The highest BCUT2D eigenvalue weighted by molar-refractivity contribution is 5.77. The van der Waals surface area contributed by atoms with E-state index in [1.807, 2.05) is 11.8 Å². The monoisotopic (exact) mass is 386 g/mol. The van der Waals surface area contributed by atoms with Gasteiger partial charge < -0.3 is 14.5 Å². The first-order valence-corrected chi connectivity index (χ1v) is 9.50. The largest absolute Gasteiger partial charge is 0.436 e. The number of amides is 1. The van der Waals surface area contributed by atoms with E-state index in [1.165, 1.54) is 12.4 Å². The summed E-state index contributed by atoms with van der Waals surface area (Å²) in [4.78, 5) is 24.8. The molecule has 6 nitrogen and oxygen atoms in total. The van der Waals surface area contributed by atoms with Crippen molar-refractivity contribution in [1.82, 2.24) is 14.9 Å². The summed E-state index contributed by atoms with van der Waals surface area (Å²) in [5.74, 6) is 0.898. The minimum absolute atomic E-state index is 0.0157. The maximum Gasteiger partial charge on any atom is 0.224 e. The highest BCUT2D eigenvalue weighted by Gasteiger charge is 2.25. The Balaban J connectivity index is 1.64. The molecule has 1 aliphatic rings. The Morgan fingerprint density at radius 1 is 1.14 bits per heavy atom. The lowest BCUT2D eigenvalue weighted by Crippen LogP contribution is -2.49. The van der Waals surface area contributed by atoms with Crippen molar-refractivity contribution in [1.29, 1.82) is 0 Å². The van der Waals surface area contributed by atoms with Crippen LogP contribution in [0.15, 0.2) is 30.6 Å². The molecular formula is C21H27FN4O2. The van der Waals surface area contributed by atoms with Gasteiger partial charge in [-0.2, -0.15) is 0 Å². The SMILES string of the molecule is Cc1ccc(F)c(Oc2cc(N3CCN(C(=O)CC(C)(C)C)CC3)ncn2)c1. The minimum atomic E-state index is -0.434. The third-order valence-electron chi connectivity index (χ3n) is 4.57. The number of anilines is 1. The molecule has 1 saturated heterocycles. The predicted molar refractivity (Wildman–Crippen MR) is 106 cm³/mol. The summed E-state index contributed by atoms with van der Waals surface area (Å²) in [6.45, 7) is 10.8. The van der Waals surface area contributed by atoms with E-state index in [4.69, 9.17) is 4.74 Å². The second-order valence-electron chi connectivity index (χ2n) is 8.36. The molecule has 0 unspecified atom stereocenters. The minimum Gasteiger partial charge on any atom is -0.436 e. The number of ether oxygens (including phenoxy) is 1. The van der Waals surface area contributed by atoms with E-state index in [9.17, 15) is 9.18 Å². The van der Waals surface area contributed by atoms with Crippen LogP contribution in [0.2, 0.25) is 0 Å². The topological polar surface area (TPSA) is 58.6 Å². The molecule has 1 aromatic heterocycles. The van der Waals surface area contributed by atoms with Crippen molar-refractivity contribution in [3.63, 3.8) is 0 Å². The third kappa shape index (κ3) is 5.18. The van der Waals surface area contributed by atoms with Gasteiger partial charge in [-0.15, -0.1) is 0 Å². The number of aromatic nitrogens is 2. The lowest BCUT2D eigenvalue weighted by atomic mass is 9.91. The van der Waals surface area contributed by atoms with E-state index < -0.39 is 5.82 Å². The number of rotatable bonds is 4. The van der Waals surface area contributed by atoms with Crippen LogP contribution < -0.4 is 9.64 Å². The smallest absolute Gasteiger partial charge is 0.224 e. The van der Waals surface area contributed by atoms with Crippen molar-refractivity contribution in [2.75, 3.05) is 31.1 Å². The van der Waals surface area contributed by atoms with Crippen LogP contribution in [-0.4, -0.2) is 47.0 Å². The number of benzene rings is 1. The number of carbonyl (C=O) groups is 1. The Hall–Kier alpha value is -2.70. The lowest BCUT2D eigenvalue weighted by Gasteiger charge is -2.36.